The number of hydrogen-bond donors (Lipinski definition) is 1. The maximum absolute atomic E-state index is 11.7. The number of allylic oxidation sites excluding steroid dienone is 1. The number of nitrogens with zero attached hydrogens (tertiary/aromatic N) is 2. The number of rotatable bonds is 3. The Morgan fingerprint density at radius 3 is 2.42 bits per heavy atom. The zero-order valence-corrected chi connectivity index (χ0v) is 10.6. The van der Waals surface area contributed by atoms with Gasteiger partial charge in [0.15, 0.2) is 0 Å². The van der Waals surface area contributed by atoms with Gasteiger partial charge < -0.3 is 9.84 Å². The van der Waals surface area contributed by atoms with Crippen LogP contribution in [0.4, 0.5) is 0 Å². The van der Waals surface area contributed by atoms with Gasteiger partial charge >= 0.3 is 5.97 Å². The van der Waals surface area contributed by atoms with Crippen molar-refractivity contribution in [3.05, 3.63) is 34.9 Å². The SMILES string of the molecule is C/C=C(\C(=O)OCC)c1cc(C#N)c(C#N)cc1O. The molecule has 0 fully saturated rings. The lowest BCUT2D eigenvalue weighted by atomic mass is 9.98. The molecule has 0 radical (unpaired) electrons. The van der Waals surface area contributed by atoms with Gasteiger partial charge in [0.1, 0.15) is 17.9 Å². The summed E-state index contributed by atoms with van der Waals surface area (Å²) >= 11 is 0. The van der Waals surface area contributed by atoms with Crippen LogP contribution < -0.4 is 0 Å². The van der Waals surface area contributed by atoms with Gasteiger partial charge in [0.2, 0.25) is 0 Å². The molecule has 19 heavy (non-hydrogen) atoms. The molecule has 0 aliphatic carbocycles. The molecule has 0 heterocycles. The lowest BCUT2D eigenvalue weighted by Crippen LogP contribution is -2.07. The first-order valence-electron chi connectivity index (χ1n) is 5.60. The summed E-state index contributed by atoms with van der Waals surface area (Å²) in [4.78, 5) is 11.7. The van der Waals surface area contributed by atoms with Gasteiger partial charge in [0, 0.05) is 5.56 Å². The Morgan fingerprint density at radius 1 is 1.37 bits per heavy atom. The number of esters is 1. The molecule has 1 rings (SSSR count). The van der Waals surface area contributed by atoms with E-state index in [4.69, 9.17) is 15.3 Å². The van der Waals surface area contributed by atoms with Gasteiger partial charge in [-0.1, -0.05) is 6.08 Å². The van der Waals surface area contributed by atoms with Crippen molar-refractivity contribution in [3.8, 4) is 17.9 Å². The van der Waals surface area contributed by atoms with Crippen molar-refractivity contribution in [2.45, 2.75) is 13.8 Å². The van der Waals surface area contributed by atoms with E-state index in [-0.39, 0.29) is 34.6 Å². The Morgan fingerprint density at radius 2 is 1.95 bits per heavy atom. The highest BCUT2D eigenvalue weighted by Crippen LogP contribution is 2.29. The second-order valence-electron chi connectivity index (χ2n) is 3.56. The van der Waals surface area contributed by atoms with Crippen LogP contribution in [0, 0.1) is 22.7 Å². The Bertz CT molecular complexity index is 619. The quantitative estimate of drug-likeness (QED) is 0.660. The van der Waals surface area contributed by atoms with E-state index in [0.717, 1.165) is 6.07 Å². The second-order valence-corrected chi connectivity index (χ2v) is 3.56. The normalized spacial score (nSPS) is 10.4. The molecular weight excluding hydrogens is 244 g/mol. The van der Waals surface area contributed by atoms with Crippen molar-refractivity contribution in [2.24, 2.45) is 0 Å². The molecule has 1 aromatic carbocycles. The van der Waals surface area contributed by atoms with Gasteiger partial charge in [0.25, 0.3) is 0 Å². The maximum Gasteiger partial charge on any atom is 0.338 e. The molecule has 0 saturated heterocycles. The lowest BCUT2D eigenvalue weighted by molar-refractivity contribution is -0.136. The number of phenolic OH excluding ortho intramolecular Hbond substituents is 1. The first kappa shape index (κ1) is 14.3. The Hall–Kier alpha value is -2.79. The molecule has 0 aromatic heterocycles. The van der Waals surface area contributed by atoms with E-state index in [1.807, 2.05) is 12.1 Å². The molecule has 5 nitrogen and oxygen atoms in total. The number of nitriles is 2. The van der Waals surface area contributed by atoms with Crippen molar-refractivity contribution >= 4 is 11.5 Å². The molecule has 0 aliphatic heterocycles. The van der Waals surface area contributed by atoms with Crippen molar-refractivity contribution in [1.82, 2.24) is 0 Å². The smallest absolute Gasteiger partial charge is 0.338 e. The minimum atomic E-state index is -0.589. The summed E-state index contributed by atoms with van der Waals surface area (Å²) in [7, 11) is 0. The van der Waals surface area contributed by atoms with Gasteiger partial charge in [0.05, 0.1) is 23.3 Å². The fraction of sp³-hybridized carbons (Fsp3) is 0.214. The third-order valence-electron chi connectivity index (χ3n) is 2.45. The zero-order chi connectivity index (χ0) is 14.4. The lowest BCUT2D eigenvalue weighted by Gasteiger charge is -2.09. The first-order valence-corrected chi connectivity index (χ1v) is 5.60. The van der Waals surface area contributed by atoms with Crippen LogP contribution in [0.5, 0.6) is 5.75 Å². The highest BCUT2D eigenvalue weighted by molar-refractivity contribution is 6.17. The monoisotopic (exact) mass is 256 g/mol. The van der Waals surface area contributed by atoms with Crippen molar-refractivity contribution in [1.29, 1.82) is 10.5 Å². The molecule has 0 spiro atoms. The van der Waals surface area contributed by atoms with Crippen LogP contribution in [0.3, 0.4) is 0 Å². The molecule has 0 unspecified atom stereocenters. The summed E-state index contributed by atoms with van der Waals surface area (Å²) in [5, 5.41) is 27.6. The zero-order valence-electron chi connectivity index (χ0n) is 10.6. The van der Waals surface area contributed by atoms with Gasteiger partial charge in [-0.05, 0) is 26.0 Å². The van der Waals surface area contributed by atoms with Crippen molar-refractivity contribution < 1.29 is 14.6 Å². The molecular formula is C14H12N2O3. The first-order chi connectivity index (χ1) is 9.08. The molecule has 0 atom stereocenters. The summed E-state index contributed by atoms with van der Waals surface area (Å²) in [6.07, 6.45) is 1.49. The number of ether oxygens (including phenoxy) is 1. The number of hydrogen-bond acceptors (Lipinski definition) is 5. The summed E-state index contributed by atoms with van der Waals surface area (Å²) < 4.78 is 4.87. The standard InChI is InChI=1S/C14H12N2O3/c1-3-11(14(18)19-4-2)12-5-9(7-15)10(8-16)6-13(12)17/h3,5-6,17H,4H2,1-2H3/b11-3-. The predicted molar refractivity (Wildman–Crippen MR) is 67.8 cm³/mol. The van der Waals surface area contributed by atoms with Gasteiger partial charge in [-0.3, -0.25) is 0 Å². The average molecular weight is 256 g/mol. The topological polar surface area (TPSA) is 94.1 Å². The number of phenols is 1. The summed E-state index contributed by atoms with van der Waals surface area (Å²) in [5.41, 5.74) is 0.485. The maximum atomic E-state index is 11.7. The minimum Gasteiger partial charge on any atom is -0.507 e. The van der Waals surface area contributed by atoms with Crippen LogP contribution in [0.15, 0.2) is 18.2 Å². The molecule has 5 heteroatoms. The number of carbonyl (C=O) groups is 1. The molecule has 1 N–H and O–H groups in total. The van der Waals surface area contributed by atoms with Crippen molar-refractivity contribution in [2.75, 3.05) is 6.61 Å². The van der Waals surface area contributed by atoms with E-state index >= 15 is 0 Å². The van der Waals surface area contributed by atoms with E-state index in [0.29, 0.717) is 0 Å². The van der Waals surface area contributed by atoms with E-state index < -0.39 is 5.97 Å². The third kappa shape index (κ3) is 2.91. The van der Waals surface area contributed by atoms with Gasteiger partial charge in [-0.15, -0.1) is 0 Å². The highest BCUT2D eigenvalue weighted by atomic mass is 16.5. The third-order valence-corrected chi connectivity index (χ3v) is 2.45. The number of benzene rings is 1. The fourth-order valence-electron chi connectivity index (χ4n) is 1.58. The van der Waals surface area contributed by atoms with E-state index in [1.165, 1.54) is 12.1 Å². The number of aromatic hydroxyl groups is 1. The molecule has 0 amide bonds. The molecule has 96 valence electrons. The number of carbonyl (C=O) groups excluding carboxylic acids is 1. The fourth-order valence-corrected chi connectivity index (χ4v) is 1.58. The molecule has 0 saturated carbocycles. The second kappa shape index (κ2) is 6.23. The minimum absolute atomic E-state index is 0.0584. The van der Waals surface area contributed by atoms with Crippen LogP contribution >= 0.6 is 0 Å². The van der Waals surface area contributed by atoms with Crippen LogP contribution in [0.1, 0.15) is 30.5 Å². The van der Waals surface area contributed by atoms with E-state index in [9.17, 15) is 9.90 Å². The van der Waals surface area contributed by atoms with Crippen LogP contribution in [-0.4, -0.2) is 17.7 Å². The largest absolute Gasteiger partial charge is 0.507 e. The van der Waals surface area contributed by atoms with E-state index in [1.54, 1.807) is 13.8 Å². The van der Waals surface area contributed by atoms with Crippen molar-refractivity contribution in [3.63, 3.8) is 0 Å². The summed E-state index contributed by atoms with van der Waals surface area (Å²) in [6.45, 7) is 3.50. The Balaban J connectivity index is 3.40. The van der Waals surface area contributed by atoms with Crippen LogP contribution in [-0.2, 0) is 9.53 Å². The van der Waals surface area contributed by atoms with Crippen LogP contribution in [0.2, 0.25) is 0 Å². The Kier molecular flexibility index (Phi) is 4.68. The van der Waals surface area contributed by atoms with E-state index in [2.05, 4.69) is 0 Å². The predicted octanol–water partition coefficient (Wildman–Crippen LogP) is 2.10. The summed E-state index contributed by atoms with van der Waals surface area (Å²) in [5.74, 6) is -0.828. The van der Waals surface area contributed by atoms with Gasteiger partial charge in [-0.2, -0.15) is 10.5 Å². The van der Waals surface area contributed by atoms with Gasteiger partial charge in [-0.25, -0.2) is 4.79 Å². The van der Waals surface area contributed by atoms with Crippen LogP contribution in [0.25, 0.3) is 5.57 Å². The average Bonchev–Trinajstić information content (AvgIpc) is 2.41. The highest BCUT2D eigenvalue weighted by Gasteiger charge is 2.18. The Labute approximate surface area is 111 Å². The molecule has 0 aliphatic rings. The molecule has 0 bridgehead atoms. The molecule has 1 aromatic rings. The summed E-state index contributed by atoms with van der Waals surface area (Å²) in [6, 6.07) is 6.13.